The molecule has 3 aliphatic rings. The van der Waals surface area contributed by atoms with Gasteiger partial charge in [-0.3, -0.25) is 14.4 Å². The number of carbonyl (C=O) groups is 3. The molecule has 6 heteroatoms. The van der Waals surface area contributed by atoms with Gasteiger partial charge in [0.25, 0.3) is 5.91 Å². The molecule has 1 aromatic rings. The van der Waals surface area contributed by atoms with Crippen LogP contribution in [0.25, 0.3) is 0 Å². The van der Waals surface area contributed by atoms with Crippen molar-refractivity contribution in [1.29, 1.82) is 0 Å². The van der Waals surface area contributed by atoms with Crippen molar-refractivity contribution in [1.82, 2.24) is 14.7 Å². The molecule has 30 heavy (non-hydrogen) atoms. The Labute approximate surface area is 179 Å². The third kappa shape index (κ3) is 3.96. The Kier molecular flexibility index (Phi) is 6.11. The van der Waals surface area contributed by atoms with Crippen molar-refractivity contribution in [3.05, 3.63) is 35.9 Å². The first-order valence-electron chi connectivity index (χ1n) is 11.4. The van der Waals surface area contributed by atoms with Crippen molar-refractivity contribution in [2.45, 2.75) is 58.0 Å². The van der Waals surface area contributed by atoms with E-state index in [1.807, 2.05) is 58.9 Å². The molecule has 3 fully saturated rings. The van der Waals surface area contributed by atoms with Crippen molar-refractivity contribution in [3.8, 4) is 0 Å². The predicted molar refractivity (Wildman–Crippen MR) is 115 cm³/mol. The summed E-state index contributed by atoms with van der Waals surface area (Å²) in [4.78, 5) is 44.9. The third-order valence-corrected chi connectivity index (χ3v) is 7.03. The molecule has 1 aliphatic carbocycles. The van der Waals surface area contributed by atoms with Gasteiger partial charge in [-0.15, -0.1) is 0 Å². The Bertz CT molecular complexity index is 786. The molecule has 2 saturated heterocycles. The van der Waals surface area contributed by atoms with Gasteiger partial charge in [-0.1, -0.05) is 44.9 Å². The lowest BCUT2D eigenvalue weighted by molar-refractivity contribution is -0.143. The molecule has 1 aromatic carbocycles. The highest BCUT2D eigenvalue weighted by Gasteiger charge is 2.48. The Hall–Kier alpha value is -2.37. The molecule has 0 aromatic heterocycles. The molecule has 162 valence electrons. The molecule has 2 heterocycles. The van der Waals surface area contributed by atoms with E-state index < -0.39 is 0 Å². The van der Waals surface area contributed by atoms with E-state index in [9.17, 15) is 14.4 Å². The smallest absolute Gasteiger partial charge is 0.254 e. The average Bonchev–Trinajstić information content (AvgIpc) is 3.17. The molecule has 3 amide bonds. The lowest BCUT2D eigenvalue weighted by Crippen LogP contribution is -2.56. The van der Waals surface area contributed by atoms with E-state index in [4.69, 9.17) is 0 Å². The van der Waals surface area contributed by atoms with Gasteiger partial charge in [0.05, 0.1) is 0 Å². The molecule has 0 radical (unpaired) electrons. The van der Waals surface area contributed by atoms with Gasteiger partial charge >= 0.3 is 0 Å². The number of amides is 3. The number of likely N-dealkylation sites (tertiary alicyclic amines) is 1. The summed E-state index contributed by atoms with van der Waals surface area (Å²) in [6, 6.07) is 9.15. The van der Waals surface area contributed by atoms with Gasteiger partial charge < -0.3 is 14.7 Å². The SMILES string of the molecule is CC(C)C(=O)N1CCN(C(=O)C2CC3CCCCC3N2C(=O)c2ccccc2)CC1. The lowest BCUT2D eigenvalue weighted by atomic mass is 9.84. The summed E-state index contributed by atoms with van der Waals surface area (Å²) >= 11 is 0. The summed E-state index contributed by atoms with van der Waals surface area (Å²) in [5, 5.41) is 0. The molecule has 0 spiro atoms. The first kappa shape index (κ1) is 20.9. The van der Waals surface area contributed by atoms with E-state index in [0.29, 0.717) is 37.7 Å². The molecule has 0 N–H and O–H groups in total. The number of nitrogens with zero attached hydrogens (tertiary/aromatic N) is 3. The number of carbonyl (C=O) groups excluding carboxylic acids is 3. The standard InChI is InChI=1S/C24H33N3O3/c1-17(2)22(28)25-12-14-26(15-13-25)24(30)21-16-19-10-6-7-11-20(19)27(21)23(29)18-8-4-3-5-9-18/h3-5,8-9,17,19-21H,6-7,10-16H2,1-2H3. The maximum atomic E-state index is 13.5. The fraction of sp³-hybridized carbons (Fsp3) is 0.625. The van der Waals surface area contributed by atoms with Gasteiger partial charge in [-0.25, -0.2) is 0 Å². The summed E-state index contributed by atoms with van der Waals surface area (Å²) in [6.45, 7) is 6.08. The second kappa shape index (κ2) is 8.78. The summed E-state index contributed by atoms with van der Waals surface area (Å²) < 4.78 is 0. The van der Waals surface area contributed by atoms with Crippen LogP contribution in [-0.2, 0) is 9.59 Å². The number of rotatable bonds is 3. The van der Waals surface area contributed by atoms with Crippen LogP contribution in [0.15, 0.2) is 30.3 Å². The van der Waals surface area contributed by atoms with Gasteiger partial charge in [0.2, 0.25) is 11.8 Å². The van der Waals surface area contributed by atoms with E-state index in [2.05, 4.69) is 0 Å². The van der Waals surface area contributed by atoms with Gasteiger partial charge in [-0.2, -0.15) is 0 Å². The molecular weight excluding hydrogens is 378 g/mol. The van der Waals surface area contributed by atoms with E-state index in [1.165, 1.54) is 6.42 Å². The predicted octanol–water partition coefficient (Wildman–Crippen LogP) is 2.79. The number of piperazine rings is 1. The average molecular weight is 412 g/mol. The number of fused-ring (bicyclic) bond motifs is 1. The van der Waals surface area contributed by atoms with Crippen LogP contribution in [0.2, 0.25) is 0 Å². The quantitative estimate of drug-likeness (QED) is 0.768. The highest BCUT2D eigenvalue weighted by Crippen LogP contribution is 2.41. The maximum Gasteiger partial charge on any atom is 0.254 e. The molecule has 1 saturated carbocycles. The van der Waals surface area contributed by atoms with Crippen LogP contribution in [0, 0.1) is 11.8 Å². The van der Waals surface area contributed by atoms with E-state index >= 15 is 0 Å². The highest BCUT2D eigenvalue weighted by atomic mass is 16.2. The molecule has 6 nitrogen and oxygen atoms in total. The zero-order valence-corrected chi connectivity index (χ0v) is 18.1. The van der Waals surface area contributed by atoms with E-state index in [1.54, 1.807) is 0 Å². The van der Waals surface area contributed by atoms with Crippen LogP contribution in [0.3, 0.4) is 0 Å². The monoisotopic (exact) mass is 411 g/mol. The first-order valence-corrected chi connectivity index (χ1v) is 11.4. The summed E-state index contributed by atoms with van der Waals surface area (Å²) in [5.74, 6) is 0.588. The van der Waals surface area contributed by atoms with Gasteiger partial charge in [-0.05, 0) is 37.3 Å². The zero-order valence-electron chi connectivity index (χ0n) is 18.1. The van der Waals surface area contributed by atoms with Crippen LogP contribution in [0.4, 0.5) is 0 Å². The Balaban J connectivity index is 1.50. The Morgan fingerprint density at radius 1 is 0.900 bits per heavy atom. The van der Waals surface area contributed by atoms with Crippen molar-refractivity contribution >= 4 is 17.7 Å². The van der Waals surface area contributed by atoms with Gasteiger partial charge in [0.15, 0.2) is 0 Å². The molecule has 3 unspecified atom stereocenters. The second-order valence-electron chi connectivity index (χ2n) is 9.25. The third-order valence-electron chi connectivity index (χ3n) is 7.03. The fourth-order valence-electron chi connectivity index (χ4n) is 5.43. The van der Waals surface area contributed by atoms with Crippen molar-refractivity contribution in [2.24, 2.45) is 11.8 Å². The molecule has 3 atom stereocenters. The van der Waals surface area contributed by atoms with Gasteiger partial charge in [0.1, 0.15) is 6.04 Å². The van der Waals surface area contributed by atoms with Crippen LogP contribution in [0.5, 0.6) is 0 Å². The van der Waals surface area contributed by atoms with Crippen LogP contribution < -0.4 is 0 Å². The fourth-order valence-corrected chi connectivity index (χ4v) is 5.43. The normalized spacial score (nSPS) is 26.6. The molecular formula is C24H33N3O3. The summed E-state index contributed by atoms with van der Waals surface area (Å²) in [6.07, 6.45) is 5.17. The van der Waals surface area contributed by atoms with Crippen molar-refractivity contribution in [2.75, 3.05) is 26.2 Å². The van der Waals surface area contributed by atoms with Crippen LogP contribution in [0.1, 0.15) is 56.3 Å². The van der Waals surface area contributed by atoms with Crippen molar-refractivity contribution < 1.29 is 14.4 Å². The number of hydrogen-bond donors (Lipinski definition) is 0. The Morgan fingerprint density at radius 3 is 2.20 bits per heavy atom. The minimum Gasteiger partial charge on any atom is -0.339 e. The minimum atomic E-state index is -0.377. The topological polar surface area (TPSA) is 60.9 Å². The van der Waals surface area contributed by atoms with Crippen LogP contribution in [-0.4, -0.2) is 70.7 Å². The number of hydrogen-bond acceptors (Lipinski definition) is 3. The zero-order chi connectivity index (χ0) is 21.3. The summed E-state index contributed by atoms with van der Waals surface area (Å²) in [5.41, 5.74) is 0.661. The van der Waals surface area contributed by atoms with E-state index in [-0.39, 0.29) is 35.7 Å². The maximum absolute atomic E-state index is 13.5. The largest absolute Gasteiger partial charge is 0.339 e. The van der Waals surface area contributed by atoms with Gasteiger partial charge in [0, 0.05) is 43.7 Å². The minimum absolute atomic E-state index is 0.0167. The lowest BCUT2D eigenvalue weighted by Gasteiger charge is -2.39. The molecule has 4 rings (SSSR count). The second-order valence-corrected chi connectivity index (χ2v) is 9.25. The van der Waals surface area contributed by atoms with E-state index in [0.717, 1.165) is 25.7 Å². The first-order chi connectivity index (χ1) is 14.5. The summed E-state index contributed by atoms with van der Waals surface area (Å²) in [7, 11) is 0. The molecule has 0 bridgehead atoms. The molecule has 2 aliphatic heterocycles. The Morgan fingerprint density at radius 2 is 1.53 bits per heavy atom. The highest BCUT2D eigenvalue weighted by molar-refractivity contribution is 5.98. The van der Waals surface area contributed by atoms with Crippen LogP contribution >= 0.6 is 0 Å². The van der Waals surface area contributed by atoms with Crippen molar-refractivity contribution in [3.63, 3.8) is 0 Å². The number of benzene rings is 1.